The van der Waals surface area contributed by atoms with Gasteiger partial charge in [-0.05, 0) is 26.4 Å². The van der Waals surface area contributed by atoms with Gasteiger partial charge in [-0.25, -0.2) is 0 Å². The first kappa shape index (κ1) is 14.2. The summed E-state index contributed by atoms with van der Waals surface area (Å²) < 4.78 is 5.32. The maximum atomic E-state index is 5.32. The smallest absolute Gasteiger partial charge is 0.151 e. The van der Waals surface area contributed by atoms with Crippen LogP contribution in [0, 0.1) is 5.41 Å². The summed E-state index contributed by atoms with van der Waals surface area (Å²) >= 11 is 0. The van der Waals surface area contributed by atoms with Crippen LogP contribution in [0.4, 0.5) is 0 Å². The lowest BCUT2D eigenvalue weighted by Crippen LogP contribution is -2.38. The highest BCUT2D eigenvalue weighted by Gasteiger charge is 2.24. The first-order chi connectivity index (χ1) is 7.84. The summed E-state index contributed by atoms with van der Waals surface area (Å²) in [6, 6.07) is 2.50. The first-order valence-corrected chi connectivity index (χ1v) is 6.14. The lowest BCUT2D eigenvalue weighted by atomic mass is 9.87. The summed E-state index contributed by atoms with van der Waals surface area (Å²) in [5.74, 6) is 0.925. The van der Waals surface area contributed by atoms with Crippen molar-refractivity contribution in [1.29, 1.82) is 0 Å². The highest BCUT2D eigenvalue weighted by molar-refractivity contribution is 5.05. The Kier molecular flexibility index (Phi) is 4.71. The van der Waals surface area contributed by atoms with E-state index in [1.165, 1.54) is 0 Å². The molecule has 1 aromatic heterocycles. The largest absolute Gasteiger partial charge is 0.360 e. The molecule has 1 rings (SSSR count). The fourth-order valence-electron chi connectivity index (χ4n) is 1.74. The van der Waals surface area contributed by atoms with Crippen molar-refractivity contribution >= 4 is 0 Å². The Hall–Kier alpha value is -0.870. The Bertz CT molecular complexity index is 341. The molecule has 0 saturated carbocycles. The second kappa shape index (κ2) is 5.65. The molecule has 0 saturated heterocycles. The van der Waals surface area contributed by atoms with Gasteiger partial charge in [-0.2, -0.15) is 0 Å². The van der Waals surface area contributed by atoms with Gasteiger partial charge in [0.05, 0.1) is 12.2 Å². The second-order valence-corrected chi connectivity index (χ2v) is 5.77. The zero-order valence-corrected chi connectivity index (χ0v) is 11.9. The van der Waals surface area contributed by atoms with E-state index in [1.54, 1.807) is 0 Å². The standard InChI is InChI=1S/C13H25N3O/c1-10(13(2,3)4)16(6)9-12-7-11(8-14-5)15-17-12/h7,10,14H,8-9H2,1-6H3. The molecule has 0 aliphatic rings. The summed E-state index contributed by atoms with van der Waals surface area (Å²) in [7, 11) is 4.03. The van der Waals surface area contributed by atoms with Gasteiger partial charge in [0.15, 0.2) is 5.76 Å². The van der Waals surface area contributed by atoms with Crippen LogP contribution < -0.4 is 5.32 Å². The van der Waals surface area contributed by atoms with Crippen molar-refractivity contribution in [3.05, 3.63) is 17.5 Å². The predicted molar refractivity (Wildman–Crippen MR) is 69.7 cm³/mol. The Labute approximate surface area is 104 Å². The Balaban J connectivity index is 2.58. The molecule has 0 radical (unpaired) electrons. The van der Waals surface area contributed by atoms with E-state index in [0.29, 0.717) is 6.04 Å². The van der Waals surface area contributed by atoms with Crippen molar-refractivity contribution < 1.29 is 4.52 Å². The zero-order chi connectivity index (χ0) is 13.1. The lowest BCUT2D eigenvalue weighted by Gasteiger charge is -2.34. The van der Waals surface area contributed by atoms with Crippen LogP contribution in [-0.4, -0.2) is 30.2 Å². The van der Waals surface area contributed by atoms with Crippen molar-refractivity contribution in [2.75, 3.05) is 14.1 Å². The number of rotatable bonds is 5. The van der Waals surface area contributed by atoms with Crippen molar-refractivity contribution in [2.24, 2.45) is 5.41 Å². The highest BCUT2D eigenvalue weighted by atomic mass is 16.5. The Morgan fingerprint density at radius 1 is 1.47 bits per heavy atom. The minimum atomic E-state index is 0.266. The van der Waals surface area contributed by atoms with Crippen LogP contribution >= 0.6 is 0 Å². The van der Waals surface area contributed by atoms with Gasteiger partial charge in [0, 0.05) is 18.7 Å². The molecule has 1 atom stereocenters. The van der Waals surface area contributed by atoms with Gasteiger partial charge in [0.25, 0.3) is 0 Å². The number of nitrogens with zero attached hydrogens (tertiary/aromatic N) is 2. The quantitative estimate of drug-likeness (QED) is 0.855. The van der Waals surface area contributed by atoms with Crippen molar-refractivity contribution in [3.63, 3.8) is 0 Å². The molecule has 4 nitrogen and oxygen atoms in total. The monoisotopic (exact) mass is 239 g/mol. The first-order valence-electron chi connectivity index (χ1n) is 6.14. The third-order valence-corrected chi connectivity index (χ3v) is 3.29. The van der Waals surface area contributed by atoms with E-state index in [2.05, 4.69) is 50.1 Å². The third kappa shape index (κ3) is 4.13. The number of aromatic nitrogens is 1. The van der Waals surface area contributed by atoms with Gasteiger partial charge >= 0.3 is 0 Å². The number of nitrogens with one attached hydrogen (secondary N) is 1. The molecule has 1 aromatic rings. The summed E-state index contributed by atoms with van der Waals surface area (Å²) in [5, 5.41) is 7.08. The van der Waals surface area contributed by atoms with Gasteiger partial charge in [-0.3, -0.25) is 4.90 Å². The van der Waals surface area contributed by atoms with E-state index < -0.39 is 0 Å². The summed E-state index contributed by atoms with van der Waals surface area (Å²) in [5.41, 5.74) is 1.22. The van der Waals surface area contributed by atoms with E-state index in [1.807, 2.05) is 13.1 Å². The van der Waals surface area contributed by atoms with Crippen LogP contribution in [-0.2, 0) is 13.1 Å². The maximum absolute atomic E-state index is 5.32. The van der Waals surface area contributed by atoms with Crippen LogP contribution in [0.3, 0.4) is 0 Å². The molecule has 0 amide bonds. The molecule has 0 aliphatic carbocycles. The summed E-state index contributed by atoms with van der Waals surface area (Å²) in [4.78, 5) is 2.30. The summed E-state index contributed by atoms with van der Waals surface area (Å²) in [6.07, 6.45) is 0. The van der Waals surface area contributed by atoms with E-state index in [9.17, 15) is 0 Å². The molecule has 1 unspecified atom stereocenters. The topological polar surface area (TPSA) is 41.3 Å². The molecule has 0 spiro atoms. The van der Waals surface area contributed by atoms with Gasteiger partial charge in [0.1, 0.15) is 0 Å². The summed E-state index contributed by atoms with van der Waals surface area (Å²) in [6.45, 7) is 10.5. The molecule has 17 heavy (non-hydrogen) atoms. The Morgan fingerprint density at radius 3 is 2.65 bits per heavy atom. The van der Waals surface area contributed by atoms with Gasteiger partial charge < -0.3 is 9.84 Å². The maximum Gasteiger partial charge on any atom is 0.151 e. The molecule has 98 valence electrons. The van der Waals surface area contributed by atoms with E-state index in [0.717, 1.165) is 24.5 Å². The molecule has 1 heterocycles. The zero-order valence-electron chi connectivity index (χ0n) is 11.9. The minimum absolute atomic E-state index is 0.266. The highest BCUT2D eigenvalue weighted by Crippen LogP contribution is 2.24. The van der Waals surface area contributed by atoms with Crippen LogP contribution in [0.15, 0.2) is 10.6 Å². The van der Waals surface area contributed by atoms with Crippen LogP contribution in [0.2, 0.25) is 0 Å². The van der Waals surface area contributed by atoms with E-state index in [4.69, 9.17) is 4.52 Å². The molecule has 1 N–H and O–H groups in total. The predicted octanol–water partition coefficient (Wildman–Crippen LogP) is 2.26. The second-order valence-electron chi connectivity index (χ2n) is 5.77. The average molecular weight is 239 g/mol. The molecule has 0 aromatic carbocycles. The molecular formula is C13H25N3O. The number of hydrogen-bond acceptors (Lipinski definition) is 4. The number of hydrogen-bond donors (Lipinski definition) is 1. The lowest BCUT2D eigenvalue weighted by molar-refractivity contribution is 0.124. The molecule has 0 aliphatic heterocycles. The fraction of sp³-hybridized carbons (Fsp3) is 0.769. The fourth-order valence-corrected chi connectivity index (χ4v) is 1.74. The van der Waals surface area contributed by atoms with E-state index >= 15 is 0 Å². The van der Waals surface area contributed by atoms with E-state index in [-0.39, 0.29) is 5.41 Å². The van der Waals surface area contributed by atoms with Gasteiger partial charge in [-0.15, -0.1) is 0 Å². The van der Waals surface area contributed by atoms with Crippen molar-refractivity contribution in [3.8, 4) is 0 Å². The SMILES string of the molecule is CNCc1cc(CN(C)C(C)C(C)(C)C)on1. The van der Waals surface area contributed by atoms with Crippen molar-refractivity contribution in [2.45, 2.75) is 46.8 Å². The van der Waals surface area contributed by atoms with Crippen molar-refractivity contribution in [1.82, 2.24) is 15.4 Å². The van der Waals surface area contributed by atoms with Gasteiger partial charge in [-0.1, -0.05) is 25.9 Å². The molecule has 0 bridgehead atoms. The van der Waals surface area contributed by atoms with Crippen LogP contribution in [0.1, 0.15) is 39.1 Å². The normalized spacial score (nSPS) is 14.3. The Morgan fingerprint density at radius 2 is 2.12 bits per heavy atom. The van der Waals surface area contributed by atoms with Crippen LogP contribution in [0.25, 0.3) is 0 Å². The third-order valence-electron chi connectivity index (χ3n) is 3.29. The molecule has 4 heteroatoms. The minimum Gasteiger partial charge on any atom is -0.360 e. The molecule has 0 fully saturated rings. The van der Waals surface area contributed by atoms with Gasteiger partial charge in [0.2, 0.25) is 0 Å². The molecular weight excluding hydrogens is 214 g/mol. The average Bonchev–Trinajstić information content (AvgIpc) is 2.63. The van der Waals surface area contributed by atoms with Crippen LogP contribution in [0.5, 0.6) is 0 Å².